The Morgan fingerprint density at radius 3 is 2.57 bits per heavy atom. The van der Waals surface area contributed by atoms with Gasteiger partial charge >= 0.3 is 0 Å². The fourth-order valence-electron chi connectivity index (χ4n) is 2.32. The molecular formula is C16H22N4O. The summed E-state index contributed by atoms with van der Waals surface area (Å²) in [6, 6.07) is 8.44. The molecule has 2 aromatic rings. The largest absolute Gasteiger partial charge is 0.490 e. The minimum atomic E-state index is 0.129. The lowest BCUT2D eigenvalue weighted by Gasteiger charge is -2.19. The number of benzene rings is 1. The number of nitrogens with zero attached hydrogens (tertiary/aromatic N) is 2. The van der Waals surface area contributed by atoms with Crippen LogP contribution in [-0.2, 0) is 0 Å². The molecule has 1 unspecified atom stereocenters. The number of aromatic nitrogens is 2. The molecule has 0 bridgehead atoms. The molecular weight excluding hydrogens is 264 g/mol. The number of anilines is 2. The third-order valence-corrected chi connectivity index (χ3v) is 3.36. The van der Waals surface area contributed by atoms with Gasteiger partial charge < -0.3 is 15.4 Å². The lowest BCUT2D eigenvalue weighted by atomic mass is 10.0. The molecule has 0 saturated heterocycles. The van der Waals surface area contributed by atoms with E-state index in [1.54, 1.807) is 7.11 Å². The topological polar surface area (TPSA) is 59.1 Å². The summed E-state index contributed by atoms with van der Waals surface area (Å²) in [5.41, 5.74) is 2.49. The van der Waals surface area contributed by atoms with Gasteiger partial charge in [-0.25, -0.2) is 9.97 Å². The van der Waals surface area contributed by atoms with Gasteiger partial charge in [0.15, 0.2) is 11.6 Å². The van der Waals surface area contributed by atoms with E-state index in [1.165, 1.54) is 17.5 Å². The summed E-state index contributed by atoms with van der Waals surface area (Å²) in [6.45, 7) is 7.01. The molecule has 0 aliphatic rings. The summed E-state index contributed by atoms with van der Waals surface area (Å²) < 4.78 is 5.45. The van der Waals surface area contributed by atoms with Gasteiger partial charge in [0.25, 0.3) is 0 Å². The van der Waals surface area contributed by atoms with Crippen LogP contribution in [0.15, 0.2) is 30.6 Å². The molecule has 1 aromatic heterocycles. The van der Waals surface area contributed by atoms with Crippen molar-refractivity contribution in [2.45, 2.75) is 26.8 Å². The fraction of sp³-hybridized carbons (Fsp3) is 0.375. The van der Waals surface area contributed by atoms with E-state index in [2.05, 4.69) is 46.6 Å². The summed E-state index contributed by atoms with van der Waals surface area (Å²) in [7, 11) is 1.63. The van der Waals surface area contributed by atoms with Crippen LogP contribution >= 0.6 is 0 Å². The van der Waals surface area contributed by atoms with Crippen molar-refractivity contribution in [3.05, 3.63) is 41.7 Å². The zero-order valence-corrected chi connectivity index (χ0v) is 13.0. The number of nitrogens with one attached hydrogen (secondary N) is 2. The second kappa shape index (κ2) is 6.92. The van der Waals surface area contributed by atoms with Crippen molar-refractivity contribution in [3.63, 3.8) is 0 Å². The number of methoxy groups -OCH3 is 1. The molecule has 2 N–H and O–H groups in total. The lowest BCUT2D eigenvalue weighted by molar-refractivity contribution is 0.414. The number of aryl methyl sites for hydroxylation is 1. The first-order chi connectivity index (χ1) is 10.2. The van der Waals surface area contributed by atoms with E-state index in [1.807, 2.05) is 19.1 Å². The molecule has 5 nitrogen and oxygen atoms in total. The number of hydrogen-bond acceptors (Lipinski definition) is 5. The zero-order valence-electron chi connectivity index (χ0n) is 13.0. The number of rotatable bonds is 6. The first-order valence-electron chi connectivity index (χ1n) is 7.12. The Balaban J connectivity index is 2.27. The Labute approximate surface area is 125 Å². The molecule has 5 heteroatoms. The highest BCUT2D eigenvalue weighted by Gasteiger charge is 2.15. The Morgan fingerprint density at radius 2 is 1.90 bits per heavy atom. The van der Waals surface area contributed by atoms with Crippen molar-refractivity contribution < 1.29 is 4.74 Å². The van der Waals surface area contributed by atoms with Crippen LogP contribution in [0.2, 0.25) is 0 Å². The van der Waals surface area contributed by atoms with Gasteiger partial charge in [-0.15, -0.1) is 0 Å². The van der Waals surface area contributed by atoms with Crippen molar-refractivity contribution in [1.29, 1.82) is 0 Å². The predicted molar refractivity (Wildman–Crippen MR) is 86.0 cm³/mol. The third kappa shape index (κ3) is 3.42. The Kier molecular flexibility index (Phi) is 4.98. The van der Waals surface area contributed by atoms with Gasteiger partial charge in [0.2, 0.25) is 5.75 Å². The average Bonchev–Trinajstić information content (AvgIpc) is 2.48. The van der Waals surface area contributed by atoms with Gasteiger partial charge in [0, 0.05) is 6.54 Å². The summed E-state index contributed by atoms with van der Waals surface area (Å²) in [5, 5.41) is 6.58. The summed E-state index contributed by atoms with van der Waals surface area (Å²) in [4.78, 5) is 8.51. The first kappa shape index (κ1) is 15.1. The molecule has 21 heavy (non-hydrogen) atoms. The number of ether oxygens (including phenoxy) is 1. The summed E-state index contributed by atoms with van der Waals surface area (Å²) in [6.07, 6.45) is 1.54. The van der Waals surface area contributed by atoms with Crippen molar-refractivity contribution in [3.8, 4) is 5.75 Å². The molecule has 1 atom stereocenters. The minimum Gasteiger partial charge on any atom is -0.490 e. The van der Waals surface area contributed by atoms with Gasteiger partial charge in [0.1, 0.15) is 6.33 Å². The highest BCUT2D eigenvalue weighted by atomic mass is 16.5. The monoisotopic (exact) mass is 286 g/mol. The molecule has 1 heterocycles. The van der Waals surface area contributed by atoms with Crippen LogP contribution in [0.1, 0.15) is 31.0 Å². The smallest absolute Gasteiger partial charge is 0.204 e. The maximum atomic E-state index is 5.45. The molecule has 1 aromatic carbocycles. The van der Waals surface area contributed by atoms with E-state index in [9.17, 15) is 0 Å². The molecule has 112 valence electrons. The van der Waals surface area contributed by atoms with Crippen LogP contribution in [0.25, 0.3) is 0 Å². The van der Waals surface area contributed by atoms with Crippen molar-refractivity contribution in [2.75, 3.05) is 24.3 Å². The quantitative estimate of drug-likeness (QED) is 0.852. The maximum Gasteiger partial charge on any atom is 0.204 e. The van der Waals surface area contributed by atoms with Crippen LogP contribution in [0.5, 0.6) is 5.75 Å². The maximum absolute atomic E-state index is 5.45. The van der Waals surface area contributed by atoms with Gasteiger partial charge in [0.05, 0.1) is 13.2 Å². The molecule has 0 aliphatic heterocycles. The summed E-state index contributed by atoms with van der Waals surface area (Å²) in [5.74, 6) is 2.04. The molecule has 0 radical (unpaired) electrons. The highest BCUT2D eigenvalue weighted by molar-refractivity contribution is 5.64. The van der Waals surface area contributed by atoms with E-state index >= 15 is 0 Å². The minimum absolute atomic E-state index is 0.129. The first-order valence-corrected chi connectivity index (χ1v) is 7.12. The van der Waals surface area contributed by atoms with E-state index in [-0.39, 0.29) is 6.04 Å². The van der Waals surface area contributed by atoms with Gasteiger partial charge in [-0.05, 0) is 31.9 Å². The second-order valence-corrected chi connectivity index (χ2v) is 4.86. The highest BCUT2D eigenvalue weighted by Crippen LogP contribution is 2.31. The zero-order chi connectivity index (χ0) is 15.2. The van der Waals surface area contributed by atoms with Crippen molar-refractivity contribution in [1.82, 2.24) is 9.97 Å². The van der Waals surface area contributed by atoms with Gasteiger partial charge in [-0.3, -0.25) is 0 Å². The van der Waals surface area contributed by atoms with Gasteiger partial charge in [-0.1, -0.05) is 24.3 Å². The molecule has 0 fully saturated rings. The van der Waals surface area contributed by atoms with Crippen LogP contribution in [0, 0.1) is 6.92 Å². The average molecular weight is 286 g/mol. The van der Waals surface area contributed by atoms with E-state index in [4.69, 9.17) is 4.74 Å². The molecule has 0 aliphatic carbocycles. The van der Waals surface area contributed by atoms with Crippen LogP contribution in [0.4, 0.5) is 11.6 Å². The molecule has 0 amide bonds. The summed E-state index contributed by atoms with van der Waals surface area (Å²) >= 11 is 0. The van der Waals surface area contributed by atoms with Crippen molar-refractivity contribution in [2.24, 2.45) is 0 Å². The molecule has 0 spiro atoms. The predicted octanol–water partition coefficient (Wildman–Crippen LogP) is 3.40. The van der Waals surface area contributed by atoms with Crippen LogP contribution in [0.3, 0.4) is 0 Å². The SMILES string of the molecule is CCNc1ncnc(NC(C)c2ccccc2C)c1OC. The second-order valence-electron chi connectivity index (χ2n) is 4.86. The van der Waals surface area contributed by atoms with E-state index < -0.39 is 0 Å². The van der Waals surface area contributed by atoms with Gasteiger partial charge in [-0.2, -0.15) is 0 Å². The Morgan fingerprint density at radius 1 is 1.19 bits per heavy atom. The third-order valence-electron chi connectivity index (χ3n) is 3.36. The van der Waals surface area contributed by atoms with Crippen LogP contribution in [-0.4, -0.2) is 23.6 Å². The lowest BCUT2D eigenvalue weighted by Crippen LogP contribution is -2.12. The normalized spacial score (nSPS) is 11.8. The molecule has 0 saturated carbocycles. The fourth-order valence-corrected chi connectivity index (χ4v) is 2.32. The Hall–Kier alpha value is -2.30. The van der Waals surface area contributed by atoms with E-state index in [0.29, 0.717) is 17.4 Å². The standard InChI is InChI=1S/C16H22N4O/c1-5-17-15-14(21-4)16(19-10-18-15)20-12(3)13-9-7-6-8-11(13)2/h6-10,12H,5H2,1-4H3,(H2,17,18,19,20). The number of hydrogen-bond donors (Lipinski definition) is 2. The van der Waals surface area contributed by atoms with Crippen molar-refractivity contribution >= 4 is 11.6 Å². The van der Waals surface area contributed by atoms with Crippen LogP contribution < -0.4 is 15.4 Å². The van der Waals surface area contributed by atoms with E-state index in [0.717, 1.165) is 6.54 Å². The molecule has 2 rings (SSSR count). The Bertz CT molecular complexity index is 601.